The lowest BCUT2D eigenvalue weighted by Crippen LogP contribution is -2.38. The molecule has 2 aromatic heterocycles. The van der Waals surface area contributed by atoms with Gasteiger partial charge >= 0.3 is 0 Å². The van der Waals surface area contributed by atoms with Crippen molar-refractivity contribution in [3.63, 3.8) is 0 Å². The fourth-order valence-corrected chi connectivity index (χ4v) is 4.15. The Labute approximate surface area is 211 Å². The van der Waals surface area contributed by atoms with Crippen LogP contribution in [0.3, 0.4) is 0 Å². The van der Waals surface area contributed by atoms with Gasteiger partial charge in [-0.15, -0.1) is 0 Å². The quantitative estimate of drug-likeness (QED) is 0.235. The number of phosphoric ester groups is 1. The van der Waals surface area contributed by atoms with Crippen molar-refractivity contribution in [1.29, 1.82) is 0 Å². The Morgan fingerprint density at radius 2 is 1.86 bits per heavy atom. The van der Waals surface area contributed by atoms with E-state index in [-0.39, 0.29) is 11.6 Å². The molecule has 9 nitrogen and oxygen atoms in total. The van der Waals surface area contributed by atoms with E-state index in [2.05, 4.69) is 9.68 Å². The highest BCUT2D eigenvalue weighted by Gasteiger charge is 2.18. The third-order valence-corrected chi connectivity index (χ3v) is 6.12. The standard InChI is InChI=1S/C25H24F2N3O6P/c1-34-24-18(12-19(26)13-22(24)27)9-8-16-4-6-17(7-5-16)11-20-14-23(36-29-20)21-3-2-10-30(25(21)28)15-35-37(31,32)33/h2-7,10,12-14,28H,8-9,11,15H2,1H3,(H2,31,32,33). The minimum absolute atomic E-state index is 0.0516. The van der Waals surface area contributed by atoms with Crippen molar-refractivity contribution in [1.82, 2.24) is 5.16 Å². The van der Waals surface area contributed by atoms with Crippen LogP contribution in [0.4, 0.5) is 14.6 Å². The highest BCUT2D eigenvalue weighted by atomic mass is 31.2. The van der Waals surface area contributed by atoms with Gasteiger partial charge in [-0.2, -0.15) is 0 Å². The first-order valence-corrected chi connectivity index (χ1v) is 12.6. The van der Waals surface area contributed by atoms with E-state index >= 15 is 0 Å². The molecule has 2 heterocycles. The number of phosphoric acid groups is 1. The van der Waals surface area contributed by atoms with E-state index in [0.717, 1.165) is 17.2 Å². The van der Waals surface area contributed by atoms with E-state index in [9.17, 15) is 18.2 Å². The molecule has 1 atom stereocenters. The van der Waals surface area contributed by atoms with Crippen molar-refractivity contribution in [2.75, 3.05) is 12.8 Å². The second-order valence-electron chi connectivity index (χ2n) is 8.26. The van der Waals surface area contributed by atoms with Crippen LogP contribution in [0.1, 0.15) is 22.4 Å². The highest BCUT2D eigenvalue weighted by Crippen LogP contribution is 2.31. The molecule has 1 unspecified atom stereocenters. The predicted molar refractivity (Wildman–Crippen MR) is 127 cm³/mol. The predicted octanol–water partition coefficient (Wildman–Crippen LogP) is 3.31. The summed E-state index contributed by atoms with van der Waals surface area (Å²) < 4.78 is 54.6. The van der Waals surface area contributed by atoms with Crippen molar-refractivity contribution in [3.05, 3.63) is 94.8 Å². The summed E-state index contributed by atoms with van der Waals surface area (Å²) in [5.41, 5.74) is 9.65. The summed E-state index contributed by atoms with van der Waals surface area (Å²) in [6.07, 6.45) is 2.96. The summed E-state index contributed by atoms with van der Waals surface area (Å²) in [5, 5.41) is 4.09. The van der Waals surface area contributed by atoms with Crippen LogP contribution in [0, 0.1) is 11.6 Å². The Hall–Kier alpha value is -3.63. The number of aromatic nitrogens is 2. The lowest BCUT2D eigenvalue weighted by Gasteiger charge is -2.14. The van der Waals surface area contributed by atoms with Crippen LogP contribution in [0.25, 0.3) is 11.3 Å². The van der Waals surface area contributed by atoms with Gasteiger partial charge in [0.25, 0.3) is 13.6 Å². The van der Waals surface area contributed by atoms with Crippen LogP contribution in [-0.2, 0) is 35.1 Å². The number of hydrogen-bond acceptors (Lipinski definition) is 7. The van der Waals surface area contributed by atoms with Gasteiger partial charge in [0.05, 0.1) is 19.0 Å². The molecule has 0 saturated carbocycles. The minimum Gasteiger partial charge on any atom is -0.756 e. The summed E-state index contributed by atoms with van der Waals surface area (Å²) in [6, 6.07) is 14.9. The molecule has 0 spiro atoms. The number of nitrogen functional groups attached to an aromatic ring is 1. The minimum atomic E-state index is -4.90. The second-order valence-corrected chi connectivity index (χ2v) is 9.45. The maximum absolute atomic E-state index is 13.9. The van der Waals surface area contributed by atoms with Crippen LogP contribution in [0.5, 0.6) is 5.75 Å². The van der Waals surface area contributed by atoms with Crippen LogP contribution >= 0.6 is 7.82 Å². The zero-order chi connectivity index (χ0) is 26.6. The van der Waals surface area contributed by atoms with Gasteiger partial charge < -0.3 is 19.0 Å². The van der Waals surface area contributed by atoms with Gasteiger partial charge in [-0.25, -0.2) is 13.3 Å². The lowest BCUT2D eigenvalue weighted by atomic mass is 10.0. The topological polar surface area (TPSA) is 135 Å². The monoisotopic (exact) mass is 531 g/mol. The molecule has 0 bridgehead atoms. The molecule has 4 aromatic rings. The number of ether oxygens (including phenoxy) is 1. The summed E-state index contributed by atoms with van der Waals surface area (Å²) in [5.74, 6) is -0.772. The normalized spacial score (nSPS) is 12.9. The molecule has 3 N–H and O–H groups in total. The Morgan fingerprint density at radius 1 is 1.14 bits per heavy atom. The third kappa shape index (κ3) is 6.78. The molecule has 0 aliphatic heterocycles. The highest BCUT2D eigenvalue weighted by molar-refractivity contribution is 7.44. The smallest absolute Gasteiger partial charge is 0.285 e. The molecule has 0 radical (unpaired) electrons. The number of halogens is 2. The van der Waals surface area contributed by atoms with E-state index in [1.54, 1.807) is 18.2 Å². The van der Waals surface area contributed by atoms with Gasteiger partial charge in [0.2, 0.25) is 0 Å². The summed E-state index contributed by atoms with van der Waals surface area (Å²) in [7, 11) is -3.55. The zero-order valence-corrected chi connectivity index (χ0v) is 20.7. The second kappa shape index (κ2) is 11.2. The fraction of sp³-hybridized carbons (Fsp3) is 0.200. The Bertz CT molecular complexity index is 1440. The SMILES string of the molecule is COc1c(F)cc(F)cc1CCc1ccc(Cc2cc(-c3ccc[n+](COP(=O)([O-])O)c3N)on2)cc1. The molecule has 12 heteroatoms. The fourth-order valence-electron chi connectivity index (χ4n) is 3.88. The first-order valence-electron chi connectivity index (χ1n) is 11.1. The zero-order valence-electron chi connectivity index (χ0n) is 19.8. The summed E-state index contributed by atoms with van der Waals surface area (Å²) >= 11 is 0. The molecule has 0 saturated heterocycles. The Kier molecular flexibility index (Phi) is 7.99. The number of aryl methyl sites for hydroxylation is 2. The van der Waals surface area contributed by atoms with E-state index in [1.165, 1.54) is 23.9 Å². The van der Waals surface area contributed by atoms with Crippen molar-refractivity contribution in [3.8, 4) is 17.1 Å². The number of nitrogens with two attached hydrogens (primary N) is 1. The van der Waals surface area contributed by atoms with Gasteiger partial charge in [0.15, 0.2) is 24.1 Å². The van der Waals surface area contributed by atoms with Crippen molar-refractivity contribution < 1.29 is 41.5 Å². The van der Waals surface area contributed by atoms with Gasteiger partial charge in [0, 0.05) is 24.1 Å². The number of anilines is 1. The third-order valence-electron chi connectivity index (χ3n) is 5.68. The Morgan fingerprint density at radius 3 is 2.57 bits per heavy atom. The average Bonchev–Trinajstić information content (AvgIpc) is 3.30. The Balaban J connectivity index is 1.41. The molecule has 4 rings (SSSR count). The van der Waals surface area contributed by atoms with E-state index in [4.69, 9.17) is 19.9 Å². The van der Waals surface area contributed by atoms with E-state index in [0.29, 0.717) is 41.8 Å². The van der Waals surface area contributed by atoms with Crippen molar-refractivity contribution >= 4 is 13.6 Å². The molecule has 0 fully saturated rings. The number of benzene rings is 2. The van der Waals surface area contributed by atoms with Crippen molar-refractivity contribution in [2.24, 2.45) is 0 Å². The number of nitrogens with zero attached hydrogens (tertiary/aromatic N) is 2. The first kappa shape index (κ1) is 26.4. The number of pyridine rings is 1. The molecule has 37 heavy (non-hydrogen) atoms. The number of methoxy groups -OCH3 is 1. The summed E-state index contributed by atoms with van der Waals surface area (Å²) in [4.78, 5) is 19.7. The van der Waals surface area contributed by atoms with Crippen molar-refractivity contribution in [2.45, 2.75) is 26.0 Å². The molecule has 2 aromatic carbocycles. The van der Waals surface area contributed by atoms with Gasteiger partial charge in [0.1, 0.15) is 11.4 Å². The molecular formula is C25H24F2N3O6P. The molecule has 0 aliphatic rings. The molecular weight excluding hydrogens is 507 g/mol. The molecule has 0 amide bonds. The average molecular weight is 531 g/mol. The summed E-state index contributed by atoms with van der Waals surface area (Å²) in [6.45, 7) is -0.495. The van der Waals surface area contributed by atoms with Gasteiger partial charge in [-0.3, -0.25) is 14.8 Å². The first-order chi connectivity index (χ1) is 17.6. The van der Waals surface area contributed by atoms with Crippen LogP contribution in [0.2, 0.25) is 0 Å². The van der Waals surface area contributed by atoms with Crippen LogP contribution in [-0.4, -0.2) is 17.2 Å². The van der Waals surface area contributed by atoms with Crippen LogP contribution in [0.15, 0.2) is 65.3 Å². The van der Waals surface area contributed by atoms with E-state index in [1.807, 2.05) is 24.3 Å². The maximum Gasteiger partial charge on any atom is 0.285 e. The van der Waals surface area contributed by atoms with Gasteiger partial charge in [-0.1, -0.05) is 29.4 Å². The number of rotatable bonds is 10. The number of hydrogen-bond donors (Lipinski definition) is 2. The largest absolute Gasteiger partial charge is 0.756 e. The van der Waals surface area contributed by atoms with Crippen LogP contribution < -0.4 is 19.9 Å². The van der Waals surface area contributed by atoms with Gasteiger partial charge in [-0.05, 0) is 42.2 Å². The molecule has 0 aliphatic carbocycles. The lowest BCUT2D eigenvalue weighted by molar-refractivity contribution is -0.712. The maximum atomic E-state index is 13.9. The molecule has 194 valence electrons. The van der Waals surface area contributed by atoms with E-state index < -0.39 is 26.2 Å².